The van der Waals surface area contributed by atoms with Gasteiger partial charge in [-0.1, -0.05) is 23.7 Å². The minimum absolute atomic E-state index is 0.109. The number of esters is 1. The fourth-order valence-electron chi connectivity index (χ4n) is 3.35. The summed E-state index contributed by atoms with van der Waals surface area (Å²) in [5, 5.41) is 10.0. The van der Waals surface area contributed by atoms with E-state index < -0.39 is 35.6 Å². The van der Waals surface area contributed by atoms with E-state index in [2.05, 4.69) is 15.3 Å². The number of carbonyl (C=O) groups is 3. The maximum atomic E-state index is 12.8. The second-order valence-electron chi connectivity index (χ2n) is 9.61. The molecule has 0 aliphatic heterocycles. The monoisotopic (exact) mass is 578 g/mol. The van der Waals surface area contributed by atoms with Gasteiger partial charge in [-0.3, -0.25) is 15.1 Å². The van der Waals surface area contributed by atoms with Gasteiger partial charge in [0, 0.05) is 6.54 Å². The Morgan fingerprint density at radius 2 is 1.75 bits per heavy atom. The Bertz CT molecular complexity index is 1220. The number of anilines is 2. The van der Waals surface area contributed by atoms with Gasteiger partial charge in [0.15, 0.2) is 34.5 Å². The lowest BCUT2D eigenvalue weighted by atomic mass is 10.1. The number of hydrogen-bond donors (Lipinski definition) is 5. The molecule has 2 rings (SSSR count). The number of hydrogen-bond acceptors (Lipinski definition) is 11. The number of alkyl carbamates (subject to hydrolysis) is 1. The number of nitrogen functional groups attached to an aromatic ring is 2. The molecule has 8 N–H and O–H groups in total. The van der Waals surface area contributed by atoms with Crippen molar-refractivity contribution in [3.8, 4) is 5.75 Å². The van der Waals surface area contributed by atoms with Gasteiger partial charge in [-0.15, -0.1) is 0 Å². The first-order valence-corrected chi connectivity index (χ1v) is 12.6. The maximum Gasteiger partial charge on any atom is 0.408 e. The first-order valence-electron chi connectivity index (χ1n) is 12.2. The molecule has 14 nitrogen and oxygen atoms in total. The molecule has 2 amide bonds. The number of amides is 2. The maximum absolute atomic E-state index is 12.8. The van der Waals surface area contributed by atoms with Crippen LogP contribution in [0.25, 0.3) is 0 Å². The third-order valence-electron chi connectivity index (χ3n) is 5.26. The van der Waals surface area contributed by atoms with Crippen LogP contribution in [0.4, 0.5) is 16.4 Å². The molecule has 1 heterocycles. The number of unbranched alkanes of at least 4 members (excludes halogenated alkanes) is 1. The van der Waals surface area contributed by atoms with Gasteiger partial charge in [0.1, 0.15) is 18.0 Å². The number of carbonyl (C=O) groups excluding carboxylic acids is 3. The zero-order chi connectivity index (χ0) is 30.0. The number of nitrogens with two attached hydrogens (primary N) is 3. The van der Waals surface area contributed by atoms with Crippen LogP contribution in [0.2, 0.25) is 5.15 Å². The van der Waals surface area contributed by atoms with E-state index in [1.54, 1.807) is 32.9 Å². The van der Waals surface area contributed by atoms with Crippen molar-refractivity contribution in [2.45, 2.75) is 51.7 Å². The molecule has 0 aliphatic carbocycles. The zero-order valence-electron chi connectivity index (χ0n) is 22.8. The summed E-state index contributed by atoms with van der Waals surface area (Å²) in [6.45, 7) is 5.12. The predicted molar refractivity (Wildman–Crippen MR) is 149 cm³/mol. The fourth-order valence-corrected chi connectivity index (χ4v) is 3.48. The molecule has 1 aromatic heterocycles. The summed E-state index contributed by atoms with van der Waals surface area (Å²) in [6, 6.07) is 6.11. The van der Waals surface area contributed by atoms with Gasteiger partial charge < -0.3 is 36.7 Å². The number of rotatable bonds is 11. The van der Waals surface area contributed by atoms with Crippen LogP contribution in [-0.4, -0.2) is 70.7 Å². The number of ether oxygens (including phenoxy) is 3. The van der Waals surface area contributed by atoms with Crippen LogP contribution in [0.15, 0.2) is 24.3 Å². The van der Waals surface area contributed by atoms with Crippen molar-refractivity contribution in [2.75, 3.05) is 31.7 Å². The average molecular weight is 579 g/mol. The van der Waals surface area contributed by atoms with Crippen molar-refractivity contribution in [1.82, 2.24) is 20.2 Å². The number of aryl methyl sites for hydroxylation is 1. The molecule has 0 fully saturated rings. The summed E-state index contributed by atoms with van der Waals surface area (Å²) in [5.41, 5.74) is 16.9. The van der Waals surface area contributed by atoms with Gasteiger partial charge in [0.2, 0.25) is 0 Å². The van der Waals surface area contributed by atoms with Gasteiger partial charge in [-0.05, 0) is 57.7 Å². The molecular weight excluding hydrogens is 544 g/mol. The lowest BCUT2D eigenvalue weighted by Gasteiger charge is -2.22. The summed E-state index contributed by atoms with van der Waals surface area (Å²) in [6.07, 6.45) is 1.10. The van der Waals surface area contributed by atoms with Crippen molar-refractivity contribution in [3.05, 3.63) is 40.7 Å². The Balaban J connectivity index is 1.89. The van der Waals surface area contributed by atoms with Crippen LogP contribution in [0.1, 0.15) is 49.7 Å². The number of nitrogens with one attached hydrogen (secondary N) is 2. The first-order chi connectivity index (χ1) is 18.7. The Hall–Kier alpha value is -4.33. The van der Waals surface area contributed by atoms with Crippen LogP contribution in [-0.2, 0) is 20.7 Å². The van der Waals surface area contributed by atoms with E-state index in [-0.39, 0.29) is 35.6 Å². The van der Waals surface area contributed by atoms with E-state index in [9.17, 15) is 14.4 Å². The molecule has 0 aliphatic rings. The highest BCUT2D eigenvalue weighted by Gasteiger charge is 2.26. The van der Waals surface area contributed by atoms with Crippen LogP contribution in [0.3, 0.4) is 0 Å². The lowest BCUT2D eigenvalue weighted by molar-refractivity contribution is -0.143. The highest BCUT2D eigenvalue weighted by Crippen LogP contribution is 2.19. The van der Waals surface area contributed by atoms with Crippen molar-refractivity contribution in [2.24, 2.45) is 5.73 Å². The predicted octanol–water partition coefficient (Wildman–Crippen LogP) is 2.10. The van der Waals surface area contributed by atoms with Crippen LogP contribution in [0.5, 0.6) is 5.75 Å². The van der Waals surface area contributed by atoms with Crippen molar-refractivity contribution in [1.29, 1.82) is 5.41 Å². The minimum atomic E-state index is -1.06. The van der Waals surface area contributed by atoms with Gasteiger partial charge in [-0.2, -0.15) is 0 Å². The Morgan fingerprint density at radius 1 is 1.10 bits per heavy atom. The van der Waals surface area contributed by atoms with Crippen LogP contribution < -0.4 is 27.3 Å². The summed E-state index contributed by atoms with van der Waals surface area (Å²) in [7, 11) is 1.21. The molecule has 0 bridgehead atoms. The normalized spacial score (nSPS) is 11.7. The second-order valence-corrected chi connectivity index (χ2v) is 9.97. The van der Waals surface area contributed by atoms with E-state index in [1.807, 2.05) is 12.1 Å². The molecule has 0 radical (unpaired) electrons. The summed E-state index contributed by atoms with van der Waals surface area (Å²) >= 11 is 5.86. The summed E-state index contributed by atoms with van der Waals surface area (Å²) in [4.78, 5) is 45.6. The van der Waals surface area contributed by atoms with Crippen molar-refractivity contribution >= 4 is 47.2 Å². The molecule has 15 heteroatoms. The Labute approximate surface area is 237 Å². The van der Waals surface area contributed by atoms with Gasteiger partial charge in [0.25, 0.3) is 5.91 Å². The number of nitrogens with zero attached hydrogens (tertiary/aromatic N) is 3. The van der Waals surface area contributed by atoms with Crippen LogP contribution >= 0.6 is 11.6 Å². The smallest absolute Gasteiger partial charge is 0.408 e. The number of halogens is 1. The highest BCUT2D eigenvalue weighted by atomic mass is 35.5. The number of aromatic nitrogens is 2. The Morgan fingerprint density at radius 3 is 2.33 bits per heavy atom. The molecule has 218 valence electrons. The van der Waals surface area contributed by atoms with Gasteiger partial charge in [-0.25, -0.2) is 19.6 Å². The first kappa shape index (κ1) is 31.9. The van der Waals surface area contributed by atoms with Gasteiger partial charge >= 0.3 is 12.1 Å². The van der Waals surface area contributed by atoms with Crippen molar-refractivity contribution < 1.29 is 28.6 Å². The molecule has 0 saturated heterocycles. The van der Waals surface area contributed by atoms with E-state index in [4.69, 9.17) is 48.4 Å². The topological polar surface area (TPSA) is 222 Å². The average Bonchev–Trinajstić information content (AvgIpc) is 2.87. The molecule has 2 aromatic rings. The highest BCUT2D eigenvalue weighted by molar-refractivity contribution is 6.31. The second kappa shape index (κ2) is 14.2. The van der Waals surface area contributed by atoms with Crippen molar-refractivity contribution in [3.63, 3.8) is 0 Å². The molecule has 0 spiro atoms. The van der Waals surface area contributed by atoms with E-state index in [0.29, 0.717) is 25.0 Å². The molecule has 1 aromatic carbocycles. The Kier molecular flexibility index (Phi) is 11.3. The third kappa shape index (κ3) is 9.76. The molecule has 1 atom stereocenters. The largest absolute Gasteiger partial charge is 0.491 e. The number of methoxy groups -OCH3 is 1. The molecule has 0 saturated carbocycles. The lowest BCUT2D eigenvalue weighted by Crippen LogP contribution is -2.47. The minimum Gasteiger partial charge on any atom is -0.491 e. The van der Waals surface area contributed by atoms with Gasteiger partial charge in [0.05, 0.1) is 7.11 Å². The van der Waals surface area contributed by atoms with E-state index in [1.165, 1.54) is 7.11 Å². The summed E-state index contributed by atoms with van der Waals surface area (Å²) < 4.78 is 15.6. The third-order valence-corrected chi connectivity index (χ3v) is 5.54. The molecule has 40 heavy (non-hydrogen) atoms. The fraction of sp³-hybridized carbons (Fsp3) is 0.440. The van der Waals surface area contributed by atoms with Crippen LogP contribution in [0, 0.1) is 5.41 Å². The number of guanidine groups is 1. The SMILES string of the molecule is COC(=O)C(COc1ccc(CCCCN(C(=N)N)C(=O)c2nc(Cl)c(N)nc2N)cc1)NC(=O)OC(C)(C)C. The zero-order valence-corrected chi connectivity index (χ0v) is 23.6. The molecule has 1 unspecified atom stereocenters. The van der Waals surface area contributed by atoms with E-state index >= 15 is 0 Å². The number of benzene rings is 1. The molecular formula is C25H35ClN8O6. The van der Waals surface area contributed by atoms with E-state index in [0.717, 1.165) is 10.5 Å². The standard InChI is InChI=1S/C25H35ClN8O6/c1-25(2,3)40-24(37)31-16(22(36)38-4)13-39-15-10-8-14(9-11-15)7-5-6-12-34(23(29)30)21(35)17-19(27)33-20(28)18(26)32-17/h8-11,16H,5-7,12-13H2,1-4H3,(H3,29,30)(H,31,37)(H4,27,28,33). The quantitative estimate of drug-likeness (QED) is 0.112. The summed E-state index contributed by atoms with van der Waals surface area (Å²) in [5.74, 6) is -1.67.